The first kappa shape index (κ1) is 13.0. The van der Waals surface area contributed by atoms with Gasteiger partial charge < -0.3 is 11.1 Å². The smallest absolute Gasteiger partial charge is 0.364 e. The van der Waals surface area contributed by atoms with Crippen molar-refractivity contribution in [3.63, 3.8) is 0 Å². The molecule has 0 bridgehead atoms. The van der Waals surface area contributed by atoms with Crippen molar-refractivity contribution < 1.29 is 22.8 Å². The van der Waals surface area contributed by atoms with Crippen LogP contribution in [0.4, 0.5) is 13.2 Å². The molecular weight excluding hydrogens is 241 g/mol. The van der Waals surface area contributed by atoms with Crippen LogP contribution < -0.4 is 11.1 Å². The summed E-state index contributed by atoms with van der Waals surface area (Å²) in [6.45, 7) is -1.50. The second-order valence-electron chi connectivity index (χ2n) is 3.04. The second kappa shape index (κ2) is 4.44. The molecule has 1 heterocycles. The Morgan fingerprint density at radius 1 is 1.53 bits per heavy atom. The van der Waals surface area contributed by atoms with Crippen LogP contribution in [-0.4, -0.2) is 34.8 Å². The van der Waals surface area contributed by atoms with E-state index < -0.39 is 35.9 Å². The quantitative estimate of drug-likeness (QED) is 0.770. The summed E-state index contributed by atoms with van der Waals surface area (Å²) in [5.74, 6) is -1.90. The Balaban J connectivity index is 3.17. The normalized spacial score (nSPS) is 11.3. The molecule has 9 heteroatoms. The van der Waals surface area contributed by atoms with E-state index in [1.54, 1.807) is 0 Å². The molecule has 3 N–H and O–H groups in total. The Morgan fingerprint density at radius 3 is 2.53 bits per heavy atom. The highest BCUT2D eigenvalue weighted by Gasteiger charge is 2.31. The average molecular weight is 249 g/mol. The predicted molar refractivity (Wildman–Crippen MR) is 49.0 cm³/mol. The molecule has 0 aliphatic heterocycles. The molecule has 0 aliphatic carbocycles. The van der Waals surface area contributed by atoms with Gasteiger partial charge in [-0.3, -0.25) is 9.59 Å². The largest absolute Gasteiger partial charge is 0.408 e. The van der Waals surface area contributed by atoms with Crippen LogP contribution in [0, 0.1) is 6.07 Å². The highest BCUT2D eigenvalue weighted by molar-refractivity contribution is 5.96. The minimum absolute atomic E-state index is 0.332. The minimum atomic E-state index is -4.57. The maximum absolute atomic E-state index is 12.2. The predicted octanol–water partition coefficient (Wildman–Crippen LogP) is -0.296. The van der Waals surface area contributed by atoms with Crippen LogP contribution in [0.3, 0.4) is 0 Å². The van der Waals surface area contributed by atoms with Gasteiger partial charge >= 0.3 is 6.18 Å². The molecule has 0 saturated heterocycles. The van der Waals surface area contributed by atoms with Crippen molar-refractivity contribution in [1.29, 1.82) is 0 Å². The van der Waals surface area contributed by atoms with Crippen molar-refractivity contribution in [3.05, 3.63) is 17.5 Å². The molecule has 0 saturated carbocycles. The van der Waals surface area contributed by atoms with Gasteiger partial charge in [-0.1, -0.05) is 0 Å². The number of aromatic nitrogens is 2. The number of carbonyl (C=O) groups excluding carboxylic acids is 2. The van der Waals surface area contributed by atoms with Gasteiger partial charge in [-0.25, -0.2) is 4.68 Å². The Bertz CT molecular complexity index is 452. The second-order valence-corrected chi connectivity index (χ2v) is 3.04. The first-order valence-electron chi connectivity index (χ1n) is 4.33. The van der Waals surface area contributed by atoms with Crippen LogP contribution in [0.25, 0.3) is 0 Å². The van der Waals surface area contributed by atoms with E-state index in [1.165, 1.54) is 7.05 Å². The van der Waals surface area contributed by atoms with Crippen molar-refractivity contribution in [3.8, 4) is 0 Å². The first-order chi connectivity index (χ1) is 7.74. The summed E-state index contributed by atoms with van der Waals surface area (Å²) in [4.78, 5) is 22.0. The van der Waals surface area contributed by atoms with Crippen molar-refractivity contribution in [2.45, 2.75) is 12.7 Å². The Kier molecular flexibility index (Phi) is 3.39. The molecule has 0 unspecified atom stereocenters. The molecule has 1 rings (SSSR count). The molecule has 93 valence electrons. The first-order valence-corrected chi connectivity index (χ1v) is 4.33. The van der Waals surface area contributed by atoms with Crippen molar-refractivity contribution in [2.24, 2.45) is 5.73 Å². The summed E-state index contributed by atoms with van der Waals surface area (Å²) in [6, 6.07) is 2.12. The molecule has 1 aromatic rings. The van der Waals surface area contributed by atoms with Gasteiger partial charge in [0, 0.05) is 7.05 Å². The summed E-state index contributed by atoms with van der Waals surface area (Å²) >= 11 is 0. The molecule has 1 radical (unpaired) electrons. The van der Waals surface area contributed by atoms with E-state index in [1.807, 2.05) is 0 Å². The molecular formula is C8H8F3N4O2. The number of nitrogens with zero attached hydrogens (tertiary/aromatic N) is 2. The van der Waals surface area contributed by atoms with Gasteiger partial charge in [-0.05, 0) is 0 Å². The number of primary amides is 1. The molecule has 0 spiro atoms. The number of carbonyl (C=O) groups is 2. The van der Waals surface area contributed by atoms with Gasteiger partial charge in [0.05, 0.1) is 6.07 Å². The lowest BCUT2D eigenvalue weighted by Gasteiger charge is -2.08. The van der Waals surface area contributed by atoms with Gasteiger partial charge in [0.2, 0.25) is 0 Å². The third-order valence-electron chi connectivity index (χ3n) is 1.72. The standard InChI is InChI=1S/C8H8F3N4O2/c1-13-7(17)5-2-4(6(12)16)14-15(5)3-8(9,10)11/h3H2,1H3,(H2,12,16)(H,13,17). The van der Waals surface area contributed by atoms with Crippen molar-refractivity contribution in [2.75, 3.05) is 7.05 Å². The third-order valence-corrected chi connectivity index (χ3v) is 1.72. The summed E-state index contributed by atoms with van der Waals surface area (Å²) < 4.78 is 36.9. The molecule has 2 amide bonds. The van der Waals surface area contributed by atoms with E-state index in [2.05, 4.69) is 16.5 Å². The van der Waals surface area contributed by atoms with E-state index in [4.69, 9.17) is 5.73 Å². The van der Waals surface area contributed by atoms with E-state index in [0.717, 1.165) is 0 Å². The van der Waals surface area contributed by atoms with Gasteiger partial charge in [0.15, 0.2) is 5.69 Å². The zero-order chi connectivity index (χ0) is 13.2. The average Bonchev–Trinajstić information content (AvgIpc) is 2.58. The fourth-order valence-corrected chi connectivity index (χ4v) is 1.06. The topological polar surface area (TPSA) is 90.0 Å². The SMILES string of the molecule is CNC(=O)c1[c]c(C(N)=O)nn1CC(F)(F)F. The Labute approximate surface area is 93.6 Å². The van der Waals surface area contributed by atoms with Crippen LogP contribution in [0.1, 0.15) is 21.0 Å². The molecule has 0 aromatic carbocycles. The van der Waals surface area contributed by atoms with E-state index in [-0.39, 0.29) is 0 Å². The fraction of sp³-hybridized carbons (Fsp3) is 0.375. The summed E-state index contributed by atoms with van der Waals surface area (Å²) in [7, 11) is 1.23. The maximum Gasteiger partial charge on any atom is 0.408 e. The highest BCUT2D eigenvalue weighted by atomic mass is 19.4. The highest BCUT2D eigenvalue weighted by Crippen LogP contribution is 2.18. The van der Waals surface area contributed by atoms with Crippen LogP contribution >= 0.6 is 0 Å². The summed E-state index contributed by atoms with van der Waals surface area (Å²) in [6.07, 6.45) is -4.57. The number of nitrogens with one attached hydrogen (secondary N) is 1. The Morgan fingerprint density at radius 2 is 2.12 bits per heavy atom. The molecule has 17 heavy (non-hydrogen) atoms. The Hall–Kier alpha value is -2.06. The lowest BCUT2D eigenvalue weighted by atomic mass is 10.3. The summed E-state index contributed by atoms with van der Waals surface area (Å²) in [5.41, 5.74) is 3.82. The van der Waals surface area contributed by atoms with Gasteiger partial charge in [0.25, 0.3) is 11.8 Å². The van der Waals surface area contributed by atoms with Gasteiger partial charge in [0.1, 0.15) is 12.2 Å². The monoisotopic (exact) mass is 249 g/mol. The zero-order valence-corrected chi connectivity index (χ0v) is 8.63. The lowest BCUT2D eigenvalue weighted by molar-refractivity contribution is -0.142. The number of alkyl halides is 3. The molecule has 1 aromatic heterocycles. The van der Waals surface area contributed by atoms with E-state index >= 15 is 0 Å². The van der Waals surface area contributed by atoms with Crippen molar-refractivity contribution >= 4 is 11.8 Å². The fourth-order valence-electron chi connectivity index (χ4n) is 1.06. The number of nitrogens with two attached hydrogens (primary N) is 1. The van der Waals surface area contributed by atoms with Crippen LogP contribution in [0.5, 0.6) is 0 Å². The molecule has 0 fully saturated rings. The summed E-state index contributed by atoms with van der Waals surface area (Å²) in [5, 5.41) is 5.38. The molecule has 6 nitrogen and oxygen atoms in total. The number of halogens is 3. The van der Waals surface area contributed by atoms with Gasteiger partial charge in [-0.2, -0.15) is 18.3 Å². The van der Waals surface area contributed by atoms with E-state index in [0.29, 0.717) is 4.68 Å². The third kappa shape index (κ3) is 3.20. The minimum Gasteiger partial charge on any atom is -0.364 e. The number of hydrogen-bond acceptors (Lipinski definition) is 3. The van der Waals surface area contributed by atoms with Crippen LogP contribution in [0.15, 0.2) is 0 Å². The van der Waals surface area contributed by atoms with Crippen LogP contribution in [-0.2, 0) is 6.54 Å². The van der Waals surface area contributed by atoms with Crippen LogP contribution in [0.2, 0.25) is 0 Å². The number of rotatable bonds is 3. The number of amides is 2. The van der Waals surface area contributed by atoms with E-state index in [9.17, 15) is 22.8 Å². The zero-order valence-electron chi connectivity index (χ0n) is 8.63. The number of hydrogen-bond donors (Lipinski definition) is 2. The molecule has 0 aliphatic rings. The van der Waals surface area contributed by atoms with Gasteiger partial charge in [-0.15, -0.1) is 0 Å². The lowest BCUT2D eigenvalue weighted by Crippen LogP contribution is -2.26. The van der Waals surface area contributed by atoms with Crippen molar-refractivity contribution in [1.82, 2.24) is 15.1 Å². The maximum atomic E-state index is 12.2. The molecule has 0 atom stereocenters.